The second kappa shape index (κ2) is 5.83. The molecule has 2 aromatic rings. The molecule has 0 aromatic heterocycles. The van der Waals surface area contributed by atoms with E-state index in [1.54, 1.807) is 6.07 Å². The molecular weight excluding hydrogens is 369 g/mol. The minimum absolute atomic E-state index is 0.137. The lowest BCUT2D eigenvalue weighted by atomic mass is 10.0. The van der Waals surface area contributed by atoms with Crippen LogP contribution < -0.4 is 0 Å². The number of carboxylic acids is 1. The molecule has 3 rings (SSSR count). The summed E-state index contributed by atoms with van der Waals surface area (Å²) >= 11 is 5.75. The predicted octanol–water partition coefficient (Wildman–Crippen LogP) is 3.01. The average Bonchev–Trinajstić information content (AvgIpc) is 3.27. The molecule has 0 amide bonds. The van der Waals surface area contributed by atoms with Crippen LogP contribution in [0, 0.1) is 22.6 Å². The van der Waals surface area contributed by atoms with E-state index in [-0.39, 0.29) is 10.5 Å². The highest BCUT2D eigenvalue weighted by molar-refractivity contribution is 7.92. The topological polar surface area (TPSA) is 95.2 Å². The van der Waals surface area contributed by atoms with Crippen LogP contribution in [0.25, 0.3) is 0 Å². The summed E-state index contributed by atoms with van der Waals surface area (Å²) in [7, 11) is -4.14. The van der Waals surface area contributed by atoms with Crippen LogP contribution in [0.5, 0.6) is 0 Å². The van der Waals surface area contributed by atoms with Crippen molar-refractivity contribution in [3.05, 3.63) is 64.9 Å². The van der Waals surface area contributed by atoms with Gasteiger partial charge in [0.2, 0.25) is 0 Å². The van der Waals surface area contributed by atoms with Crippen molar-refractivity contribution in [2.45, 2.75) is 16.1 Å². The van der Waals surface area contributed by atoms with Crippen molar-refractivity contribution in [2.75, 3.05) is 0 Å². The van der Waals surface area contributed by atoms with E-state index in [9.17, 15) is 28.0 Å². The molecule has 5 nitrogen and oxygen atoms in total. The number of hydrogen-bond acceptors (Lipinski definition) is 4. The van der Waals surface area contributed by atoms with Gasteiger partial charge < -0.3 is 5.11 Å². The van der Waals surface area contributed by atoms with E-state index in [4.69, 9.17) is 11.6 Å². The van der Waals surface area contributed by atoms with Gasteiger partial charge in [-0.2, -0.15) is 5.26 Å². The summed E-state index contributed by atoms with van der Waals surface area (Å²) in [4.78, 5) is 11.6. The van der Waals surface area contributed by atoms with Crippen molar-refractivity contribution >= 4 is 27.4 Å². The number of rotatable bonds is 4. The molecular formula is C17H11ClFNO4S. The van der Waals surface area contributed by atoms with Gasteiger partial charge in [-0.25, -0.2) is 12.8 Å². The molecule has 1 aliphatic carbocycles. The lowest BCUT2D eigenvalue weighted by Gasteiger charge is -2.05. The predicted molar refractivity (Wildman–Crippen MR) is 87.2 cm³/mol. The fourth-order valence-electron chi connectivity index (χ4n) is 3.12. The Morgan fingerprint density at radius 1 is 1.24 bits per heavy atom. The Labute approximate surface area is 148 Å². The molecule has 0 spiro atoms. The number of benzene rings is 2. The normalized spacial score (nSPS) is 25.2. The number of carboxylic acid groups (broad SMARTS) is 1. The lowest BCUT2D eigenvalue weighted by Crippen LogP contribution is -2.22. The number of carbonyl (C=O) groups is 1. The Morgan fingerprint density at radius 2 is 1.88 bits per heavy atom. The van der Waals surface area contributed by atoms with Crippen molar-refractivity contribution in [2.24, 2.45) is 5.41 Å². The van der Waals surface area contributed by atoms with Crippen LogP contribution in [0.4, 0.5) is 4.39 Å². The summed E-state index contributed by atoms with van der Waals surface area (Å²) in [6, 6.07) is 11.8. The highest BCUT2D eigenvalue weighted by Crippen LogP contribution is 2.64. The highest BCUT2D eigenvalue weighted by atomic mass is 35.5. The van der Waals surface area contributed by atoms with Gasteiger partial charge in [-0.15, -0.1) is 0 Å². The molecule has 25 heavy (non-hydrogen) atoms. The van der Waals surface area contributed by atoms with Crippen LogP contribution >= 0.6 is 11.6 Å². The fraction of sp³-hybridized carbons (Fsp3) is 0.176. The molecule has 1 N–H and O–H groups in total. The van der Waals surface area contributed by atoms with Crippen LogP contribution in [0.1, 0.15) is 11.5 Å². The van der Waals surface area contributed by atoms with Crippen molar-refractivity contribution in [3.8, 4) is 6.07 Å². The second-order valence-electron chi connectivity index (χ2n) is 5.74. The molecule has 8 heteroatoms. The summed E-state index contributed by atoms with van der Waals surface area (Å²) in [6.45, 7) is 0. The van der Waals surface area contributed by atoms with Crippen LogP contribution in [0.3, 0.4) is 0 Å². The van der Waals surface area contributed by atoms with E-state index in [0.717, 1.165) is 12.1 Å². The third kappa shape index (κ3) is 2.58. The Bertz CT molecular complexity index is 1000. The van der Waals surface area contributed by atoms with E-state index in [1.165, 1.54) is 36.4 Å². The van der Waals surface area contributed by atoms with E-state index in [2.05, 4.69) is 0 Å². The maximum Gasteiger partial charge on any atom is 0.326 e. The molecule has 1 fully saturated rings. The van der Waals surface area contributed by atoms with Gasteiger partial charge >= 0.3 is 5.97 Å². The van der Waals surface area contributed by atoms with Crippen molar-refractivity contribution < 1.29 is 22.7 Å². The molecule has 1 saturated carbocycles. The number of sulfone groups is 1. The van der Waals surface area contributed by atoms with E-state index in [0.29, 0.717) is 5.02 Å². The minimum atomic E-state index is -4.14. The van der Waals surface area contributed by atoms with Gasteiger partial charge in [0.15, 0.2) is 15.3 Å². The van der Waals surface area contributed by atoms with Gasteiger partial charge in [0.25, 0.3) is 0 Å². The first kappa shape index (κ1) is 17.4. The third-order valence-corrected chi connectivity index (χ3v) is 6.85. The van der Waals surface area contributed by atoms with Gasteiger partial charge in [0, 0.05) is 10.9 Å². The first-order chi connectivity index (χ1) is 11.7. The van der Waals surface area contributed by atoms with Gasteiger partial charge in [-0.3, -0.25) is 4.79 Å². The monoisotopic (exact) mass is 379 g/mol. The molecule has 3 atom stereocenters. The minimum Gasteiger partial charge on any atom is -0.480 e. The lowest BCUT2D eigenvalue weighted by molar-refractivity contribution is -0.141. The number of hydrogen-bond donors (Lipinski definition) is 1. The Morgan fingerprint density at radius 3 is 2.40 bits per heavy atom. The first-order valence-electron chi connectivity index (χ1n) is 7.14. The molecule has 1 aliphatic rings. The highest BCUT2D eigenvalue weighted by Gasteiger charge is 2.77. The zero-order valence-corrected chi connectivity index (χ0v) is 14.1. The number of nitrogens with zero attached hydrogens (tertiary/aromatic N) is 1. The van der Waals surface area contributed by atoms with Gasteiger partial charge in [-0.1, -0.05) is 23.7 Å². The van der Waals surface area contributed by atoms with Gasteiger partial charge in [0.05, 0.1) is 11.0 Å². The molecule has 0 aliphatic heterocycles. The molecule has 0 saturated heterocycles. The van der Waals surface area contributed by atoms with Crippen LogP contribution in [-0.4, -0.2) is 24.7 Å². The summed E-state index contributed by atoms with van der Waals surface area (Å²) in [6.07, 6.45) is 0. The number of aliphatic carboxylic acids is 1. The van der Waals surface area contributed by atoms with Crippen LogP contribution in [0.2, 0.25) is 5.02 Å². The molecule has 128 valence electrons. The zero-order valence-electron chi connectivity index (χ0n) is 12.6. The Hall–Kier alpha value is -2.43. The standard InChI is InChI=1S/C17H11ClFNO4S/c18-11-4-6-13(7-5-11)25(23,24)15-14(17(15,9-20)16(21)22)10-2-1-3-12(19)8-10/h1-8,14-15H,(H,21,22)/t14-,15+,17-/m1/s1. The Kier molecular flexibility index (Phi) is 4.06. The van der Waals surface area contributed by atoms with Crippen molar-refractivity contribution in [3.63, 3.8) is 0 Å². The quantitative estimate of drug-likeness (QED) is 0.880. The Balaban J connectivity index is 2.14. The largest absolute Gasteiger partial charge is 0.480 e. The fourth-order valence-corrected chi connectivity index (χ4v) is 5.50. The maximum atomic E-state index is 13.5. The second-order valence-corrected chi connectivity index (χ2v) is 8.24. The van der Waals surface area contributed by atoms with Gasteiger partial charge in [-0.05, 0) is 42.0 Å². The maximum absolute atomic E-state index is 13.5. The van der Waals surface area contributed by atoms with Crippen LogP contribution in [-0.2, 0) is 14.6 Å². The van der Waals surface area contributed by atoms with E-state index in [1.807, 2.05) is 0 Å². The third-order valence-electron chi connectivity index (χ3n) is 4.36. The summed E-state index contributed by atoms with van der Waals surface area (Å²) < 4.78 is 39.3. The molecule has 0 heterocycles. The average molecular weight is 380 g/mol. The van der Waals surface area contributed by atoms with E-state index >= 15 is 0 Å². The van der Waals surface area contributed by atoms with E-state index < -0.39 is 38.2 Å². The molecule has 0 radical (unpaired) electrons. The number of nitriles is 1. The first-order valence-corrected chi connectivity index (χ1v) is 9.07. The zero-order chi connectivity index (χ0) is 18.4. The summed E-state index contributed by atoms with van der Waals surface area (Å²) in [5.74, 6) is -3.34. The van der Waals surface area contributed by atoms with Crippen molar-refractivity contribution in [1.29, 1.82) is 5.26 Å². The summed E-state index contributed by atoms with van der Waals surface area (Å²) in [5, 5.41) is 17.8. The van der Waals surface area contributed by atoms with Gasteiger partial charge in [0.1, 0.15) is 11.1 Å². The molecule has 2 aromatic carbocycles. The molecule has 0 unspecified atom stereocenters. The SMILES string of the molecule is N#C[C@@]1(C(=O)O)[C@H](c2cccc(F)c2)[C@@H]1S(=O)(=O)c1ccc(Cl)cc1. The summed E-state index contributed by atoms with van der Waals surface area (Å²) in [5.41, 5.74) is -2.00. The number of halogens is 2. The van der Waals surface area contributed by atoms with Crippen LogP contribution in [0.15, 0.2) is 53.4 Å². The smallest absolute Gasteiger partial charge is 0.326 e. The van der Waals surface area contributed by atoms with Crippen molar-refractivity contribution in [1.82, 2.24) is 0 Å². The molecule has 0 bridgehead atoms.